The molecule has 22 heavy (non-hydrogen) atoms. The maximum atomic E-state index is 2.28. The first-order valence-corrected chi connectivity index (χ1v) is 8.96. The molecule has 1 heteroatoms. The second-order valence-corrected chi connectivity index (χ2v) is 6.17. The molecule has 0 spiro atoms. The number of nitrogens with zero attached hydrogens (tertiary/aromatic N) is 1. The fourth-order valence-electron chi connectivity index (χ4n) is 2.86. The van der Waals surface area contributed by atoms with Gasteiger partial charge >= 0.3 is 0 Å². The first-order valence-electron chi connectivity index (χ1n) is 8.96. The Bertz CT molecular complexity index is 501. The average molecular weight is 296 g/mol. The van der Waals surface area contributed by atoms with E-state index in [0.29, 0.717) is 0 Å². The van der Waals surface area contributed by atoms with E-state index in [1.54, 1.807) is 0 Å². The number of hydrogen-bond donors (Lipinski definition) is 0. The van der Waals surface area contributed by atoms with E-state index in [-0.39, 0.29) is 0 Å². The highest BCUT2D eigenvalue weighted by atomic mass is 14.9. The predicted molar refractivity (Wildman–Crippen MR) is 94.3 cm³/mol. The lowest BCUT2D eigenvalue weighted by Gasteiger charge is -2.02. The Morgan fingerprint density at radius 3 is 1.91 bits per heavy atom. The molecule has 0 unspecified atom stereocenters. The van der Waals surface area contributed by atoms with Crippen molar-refractivity contribution in [2.75, 3.05) is 0 Å². The zero-order chi connectivity index (χ0) is 15.5. The number of aromatic nitrogens is 1. The van der Waals surface area contributed by atoms with Crippen LogP contribution in [0.2, 0.25) is 0 Å². The zero-order valence-electron chi connectivity index (χ0n) is 14.0. The van der Waals surface area contributed by atoms with Gasteiger partial charge in [-0.25, -0.2) is 0 Å². The molecule has 0 radical (unpaired) electrons. The van der Waals surface area contributed by atoms with Crippen LogP contribution < -0.4 is 4.57 Å². The van der Waals surface area contributed by atoms with Crippen LogP contribution in [-0.2, 0) is 6.42 Å². The minimum absolute atomic E-state index is 1.21. The molecule has 2 rings (SSSR count). The summed E-state index contributed by atoms with van der Waals surface area (Å²) in [6.07, 6.45) is 16.7. The predicted octanol–water partition coefficient (Wildman–Crippen LogP) is 5.65. The summed E-state index contributed by atoms with van der Waals surface area (Å²) in [5.74, 6) is 0. The van der Waals surface area contributed by atoms with Crippen molar-refractivity contribution >= 4 is 0 Å². The van der Waals surface area contributed by atoms with Gasteiger partial charge in [-0.3, -0.25) is 0 Å². The summed E-state index contributed by atoms with van der Waals surface area (Å²) in [6.45, 7) is 2.28. The molecular weight excluding hydrogens is 266 g/mol. The van der Waals surface area contributed by atoms with Crippen molar-refractivity contribution in [1.29, 1.82) is 0 Å². The Labute approximate surface area is 136 Å². The van der Waals surface area contributed by atoms with Gasteiger partial charge in [-0.1, -0.05) is 70.1 Å². The molecule has 0 amide bonds. The van der Waals surface area contributed by atoms with Crippen molar-refractivity contribution < 1.29 is 4.57 Å². The average Bonchev–Trinajstić information content (AvgIpc) is 2.59. The SMILES string of the molecule is CCCCCCCCCCc1cc[n+](-c2ccccc2)cc1. The highest BCUT2D eigenvalue weighted by Gasteiger charge is 2.04. The largest absolute Gasteiger partial charge is 0.210 e. The molecule has 0 atom stereocenters. The maximum Gasteiger partial charge on any atom is 0.210 e. The molecule has 0 aliphatic rings. The smallest absolute Gasteiger partial charge is 0.167 e. The molecule has 1 aromatic heterocycles. The normalized spacial score (nSPS) is 10.8. The molecular formula is C21H30N+. The van der Waals surface area contributed by atoms with E-state index >= 15 is 0 Å². The van der Waals surface area contributed by atoms with Gasteiger partial charge in [0.25, 0.3) is 0 Å². The fraction of sp³-hybridized carbons (Fsp3) is 0.476. The molecule has 1 nitrogen and oxygen atoms in total. The quantitative estimate of drug-likeness (QED) is 0.394. The zero-order valence-corrected chi connectivity index (χ0v) is 14.0. The van der Waals surface area contributed by atoms with Gasteiger partial charge < -0.3 is 0 Å². The van der Waals surface area contributed by atoms with Crippen molar-refractivity contribution in [3.8, 4) is 5.69 Å². The van der Waals surface area contributed by atoms with E-state index < -0.39 is 0 Å². The number of unbranched alkanes of at least 4 members (excludes halogenated alkanes) is 7. The van der Waals surface area contributed by atoms with Crippen molar-refractivity contribution in [1.82, 2.24) is 0 Å². The first kappa shape index (κ1) is 16.7. The molecule has 0 N–H and O–H groups in total. The van der Waals surface area contributed by atoms with Crippen LogP contribution in [-0.4, -0.2) is 0 Å². The summed E-state index contributed by atoms with van der Waals surface area (Å²) in [5.41, 5.74) is 2.68. The molecule has 0 saturated carbocycles. The minimum atomic E-state index is 1.21. The van der Waals surface area contributed by atoms with E-state index in [2.05, 4.69) is 66.3 Å². The van der Waals surface area contributed by atoms with Gasteiger partial charge in [-0.2, -0.15) is 4.57 Å². The van der Waals surface area contributed by atoms with Crippen molar-refractivity contribution in [2.45, 2.75) is 64.7 Å². The maximum absolute atomic E-state index is 2.28. The lowest BCUT2D eigenvalue weighted by atomic mass is 10.0. The van der Waals surface area contributed by atoms with E-state index in [1.165, 1.54) is 69.0 Å². The van der Waals surface area contributed by atoms with Gasteiger partial charge in [0.2, 0.25) is 5.69 Å². The topological polar surface area (TPSA) is 3.88 Å². The van der Waals surface area contributed by atoms with Gasteiger partial charge in [0.1, 0.15) is 0 Å². The molecule has 0 saturated heterocycles. The number of rotatable bonds is 10. The summed E-state index contributed by atoms with van der Waals surface area (Å²) < 4.78 is 2.18. The van der Waals surface area contributed by atoms with Crippen LogP contribution in [0.1, 0.15) is 63.9 Å². The van der Waals surface area contributed by atoms with Crippen LogP contribution in [0, 0.1) is 0 Å². The molecule has 2 aromatic rings. The highest BCUT2D eigenvalue weighted by molar-refractivity contribution is 5.21. The van der Waals surface area contributed by atoms with Crippen LogP contribution in [0.25, 0.3) is 5.69 Å². The van der Waals surface area contributed by atoms with E-state index in [4.69, 9.17) is 0 Å². The Morgan fingerprint density at radius 2 is 1.27 bits per heavy atom. The molecule has 118 valence electrons. The van der Waals surface area contributed by atoms with Crippen molar-refractivity contribution in [3.63, 3.8) is 0 Å². The van der Waals surface area contributed by atoms with Gasteiger partial charge in [0.05, 0.1) is 0 Å². The standard InChI is InChI=1S/C21H30N/c1-2-3-4-5-6-7-8-10-13-20-16-18-22(19-17-20)21-14-11-9-12-15-21/h9,11-12,14-19H,2-8,10,13H2,1H3/q+1. The van der Waals surface area contributed by atoms with Crippen LogP contribution >= 0.6 is 0 Å². The van der Waals surface area contributed by atoms with Gasteiger partial charge in [-0.05, 0) is 18.4 Å². The van der Waals surface area contributed by atoms with E-state index in [1.807, 2.05) is 0 Å². The third-order valence-electron chi connectivity index (χ3n) is 4.27. The second-order valence-electron chi connectivity index (χ2n) is 6.17. The van der Waals surface area contributed by atoms with Crippen LogP contribution in [0.5, 0.6) is 0 Å². The second kappa shape index (κ2) is 10.2. The van der Waals surface area contributed by atoms with E-state index in [0.717, 1.165) is 0 Å². The van der Waals surface area contributed by atoms with Crippen LogP contribution in [0.15, 0.2) is 54.9 Å². The summed E-state index contributed by atoms with van der Waals surface area (Å²) >= 11 is 0. The third kappa shape index (κ3) is 6.01. The van der Waals surface area contributed by atoms with Gasteiger partial charge in [0, 0.05) is 24.3 Å². The number of hydrogen-bond acceptors (Lipinski definition) is 0. The van der Waals surface area contributed by atoms with Gasteiger partial charge in [-0.15, -0.1) is 0 Å². The number of pyridine rings is 1. The lowest BCUT2D eigenvalue weighted by Crippen LogP contribution is -2.29. The Kier molecular flexibility index (Phi) is 7.73. The molecule has 0 aliphatic heterocycles. The molecule has 1 aromatic carbocycles. The number of benzene rings is 1. The molecule has 0 aliphatic carbocycles. The number of aryl methyl sites for hydroxylation is 1. The summed E-state index contributed by atoms with van der Waals surface area (Å²) in [7, 11) is 0. The van der Waals surface area contributed by atoms with Crippen molar-refractivity contribution in [2.24, 2.45) is 0 Å². The summed E-state index contributed by atoms with van der Waals surface area (Å²) in [5, 5.41) is 0. The molecule has 0 fully saturated rings. The fourth-order valence-corrected chi connectivity index (χ4v) is 2.86. The molecule has 1 heterocycles. The van der Waals surface area contributed by atoms with Crippen LogP contribution in [0.4, 0.5) is 0 Å². The van der Waals surface area contributed by atoms with E-state index in [9.17, 15) is 0 Å². The highest BCUT2D eigenvalue weighted by Crippen LogP contribution is 2.11. The lowest BCUT2D eigenvalue weighted by molar-refractivity contribution is -0.595. The Hall–Kier alpha value is -1.63. The Balaban J connectivity index is 1.65. The monoisotopic (exact) mass is 296 g/mol. The van der Waals surface area contributed by atoms with Crippen LogP contribution in [0.3, 0.4) is 0 Å². The first-order chi connectivity index (χ1) is 10.9. The summed E-state index contributed by atoms with van der Waals surface area (Å²) in [4.78, 5) is 0. The summed E-state index contributed by atoms with van der Waals surface area (Å²) in [6, 6.07) is 15.0. The number of para-hydroxylation sites is 1. The van der Waals surface area contributed by atoms with Gasteiger partial charge in [0.15, 0.2) is 12.4 Å². The Morgan fingerprint density at radius 1 is 0.682 bits per heavy atom. The molecule has 0 bridgehead atoms. The minimum Gasteiger partial charge on any atom is -0.167 e. The van der Waals surface area contributed by atoms with Crippen molar-refractivity contribution in [3.05, 3.63) is 60.4 Å². The third-order valence-corrected chi connectivity index (χ3v) is 4.27.